The van der Waals surface area contributed by atoms with E-state index in [2.05, 4.69) is 11.8 Å². The van der Waals surface area contributed by atoms with Crippen molar-refractivity contribution in [2.75, 3.05) is 26.7 Å². The summed E-state index contributed by atoms with van der Waals surface area (Å²) >= 11 is 0. The Morgan fingerprint density at radius 1 is 1.48 bits per heavy atom. The Balaban J connectivity index is 1.99. The Morgan fingerprint density at radius 2 is 2.29 bits per heavy atom. The van der Waals surface area contributed by atoms with Crippen LogP contribution in [0.25, 0.3) is 0 Å². The zero-order valence-electron chi connectivity index (χ0n) is 13.2. The number of benzene rings is 1. The molecule has 1 aromatic carbocycles. The lowest BCUT2D eigenvalue weighted by Gasteiger charge is -2.39. The number of piperidine rings is 1. The van der Waals surface area contributed by atoms with E-state index in [1.807, 2.05) is 24.3 Å². The van der Waals surface area contributed by atoms with Crippen molar-refractivity contribution in [3.8, 4) is 5.75 Å². The van der Waals surface area contributed by atoms with Crippen molar-refractivity contribution in [2.45, 2.75) is 38.3 Å². The largest absolute Gasteiger partial charge is 0.497 e. The third-order valence-corrected chi connectivity index (χ3v) is 4.68. The quantitative estimate of drug-likeness (QED) is 0.844. The van der Waals surface area contributed by atoms with Crippen molar-refractivity contribution in [2.24, 2.45) is 11.7 Å². The van der Waals surface area contributed by atoms with Crippen molar-refractivity contribution < 1.29 is 9.84 Å². The second kappa shape index (κ2) is 7.78. The minimum absolute atomic E-state index is 0.393. The number of nitrogens with zero attached hydrogens (tertiary/aromatic N) is 1. The van der Waals surface area contributed by atoms with Gasteiger partial charge in [-0.25, -0.2) is 0 Å². The number of nitrogens with two attached hydrogens (primary N) is 1. The van der Waals surface area contributed by atoms with E-state index in [1.54, 1.807) is 7.11 Å². The molecule has 1 fully saturated rings. The third-order valence-electron chi connectivity index (χ3n) is 4.68. The van der Waals surface area contributed by atoms with Gasteiger partial charge < -0.3 is 15.6 Å². The highest BCUT2D eigenvalue weighted by Gasteiger charge is 2.28. The molecule has 0 amide bonds. The van der Waals surface area contributed by atoms with Gasteiger partial charge in [-0.3, -0.25) is 4.90 Å². The minimum Gasteiger partial charge on any atom is -0.497 e. The fourth-order valence-electron chi connectivity index (χ4n) is 3.22. The molecule has 4 nitrogen and oxygen atoms in total. The highest BCUT2D eigenvalue weighted by molar-refractivity contribution is 5.29. The van der Waals surface area contributed by atoms with Crippen LogP contribution in [0.3, 0.4) is 0 Å². The molecule has 1 aromatic rings. The summed E-state index contributed by atoms with van der Waals surface area (Å²) in [7, 11) is 1.64. The summed E-state index contributed by atoms with van der Waals surface area (Å²) in [4.78, 5) is 2.34. The number of hydrogen-bond donors (Lipinski definition) is 2. The summed E-state index contributed by atoms with van der Waals surface area (Å²) in [5.74, 6) is 1.57. The van der Waals surface area contributed by atoms with Crippen LogP contribution < -0.4 is 10.5 Å². The molecule has 1 saturated heterocycles. The number of likely N-dealkylation sites (tertiary alicyclic amines) is 1. The van der Waals surface area contributed by atoms with Gasteiger partial charge in [0.1, 0.15) is 5.75 Å². The number of β-amino-alcohol motifs (C(OH)–C–C–N with tert-alkyl or cyclic N) is 1. The van der Waals surface area contributed by atoms with Crippen LogP contribution >= 0.6 is 0 Å². The number of hydrogen-bond acceptors (Lipinski definition) is 4. The molecule has 4 heteroatoms. The number of aliphatic hydroxyl groups excluding tert-OH is 1. The van der Waals surface area contributed by atoms with Crippen molar-refractivity contribution >= 4 is 0 Å². The summed E-state index contributed by atoms with van der Waals surface area (Å²) in [5, 5.41) is 10.5. The standard InChI is InChI=1S/C17H28N2O2/c1-3-13-7-8-19(15(9-13)11-18)12-17(20)14-5-4-6-16(10-14)21-2/h4-6,10,13,15,17,20H,3,7-9,11-12,18H2,1-2H3. The Bertz CT molecular complexity index is 439. The zero-order valence-corrected chi connectivity index (χ0v) is 13.2. The molecular formula is C17H28N2O2. The maximum Gasteiger partial charge on any atom is 0.119 e. The molecule has 0 radical (unpaired) electrons. The highest BCUT2D eigenvalue weighted by atomic mass is 16.5. The van der Waals surface area contributed by atoms with Crippen molar-refractivity contribution in [1.29, 1.82) is 0 Å². The second-order valence-electron chi connectivity index (χ2n) is 5.98. The maximum atomic E-state index is 10.5. The molecule has 0 aromatic heterocycles. The lowest BCUT2D eigenvalue weighted by Crippen LogP contribution is -2.48. The van der Waals surface area contributed by atoms with E-state index in [0.717, 1.165) is 30.2 Å². The molecule has 3 atom stereocenters. The maximum absolute atomic E-state index is 10.5. The fraction of sp³-hybridized carbons (Fsp3) is 0.647. The van der Waals surface area contributed by atoms with E-state index in [0.29, 0.717) is 19.1 Å². The van der Waals surface area contributed by atoms with Crippen LogP contribution in [0.2, 0.25) is 0 Å². The van der Waals surface area contributed by atoms with Gasteiger partial charge in [0.05, 0.1) is 13.2 Å². The van der Waals surface area contributed by atoms with Crippen LogP contribution in [0.5, 0.6) is 5.75 Å². The van der Waals surface area contributed by atoms with Crippen molar-refractivity contribution in [3.05, 3.63) is 29.8 Å². The van der Waals surface area contributed by atoms with Gasteiger partial charge in [-0.2, -0.15) is 0 Å². The van der Waals surface area contributed by atoms with Gasteiger partial charge in [0.2, 0.25) is 0 Å². The van der Waals surface area contributed by atoms with Crippen molar-refractivity contribution in [1.82, 2.24) is 4.90 Å². The first-order valence-corrected chi connectivity index (χ1v) is 7.94. The molecule has 0 aliphatic carbocycles. The molecule has 21 heavy (non-hydrogen) atoms. The average molecular weight is 292 g/mol. The normalized spacial score (nSPS) is 24.8. The number of ether oxygens (including phenoxy) is 1. The summed E-state index contributed by atoms with van der Waals surface area (Å²) < 4.78 is 5.22. The van der Waals surface area contributed by atoms with Crippen LogP contribution in [-0.2, 0) is 0 Å². The number of aliphatic hydroxyl groups is 1. The fourth-order valence-corrected chi connectivity index (χ4v) is 3.22. The van der Waals surface area contributed by atoms with Gasteiger partial charge in [0.25, 0.3) is 0 Å². The first kappa shape index (κ1) is 16.3. The van der Waals surface area contributed by atoms with E-state index in [4.69, 9.17) is 10.5 Å². The van der Waals surface area contributed by atoms with E-state index >= 15 is 0 Å². The van der Waals surface area contributed by atoms with Crippen LogP contribution in [0.4, 0.5) is 0 Å². The molecule has 3 N–H and O–H groups in total. The van der Waals surface area contributed by atoms with Crippen LogP contribution in [0.15, 0.2) is 24.3 Å². The Kier molecular flexibility index (Phi) is 6.03. The number of methoxy groups -OCH3 is 1. The molecule has 1 aliphatic heterocycles. The summed E-state index contributed by atoms with van der Waals surface area (Å²) in [6.45, 7) is 4.59. The highest BCUT2D eigenvalue weighted by Crippen LogP contribution is 2.27. The van der Waals surface area contributed by atoms with Gasteiger partial charge in [-0.1, -0.05) is 25.5 Å². The van der Waals surface area contributed by atoms with E-state index in [9.17, 15) is 5.11 Å². The number of rotatable bonds is 6. The first-order chi connectivity index (χ1) is 10.2. The smallest absolute Gasteiger partial charge is 0.119 e. The Morgan fingerprint density at radius 3 is 2.95 bits per heavy atom. The van der Waals surface area contributed by atoms with Crippen LogP contribution in [0.1, 0.15) is 37.9 Å². The third kappa shape index (κ3) is 4.19. The van der Waals surface area contributed by atoms with Crippen molar-refractivity contribution in [3.63, 3.8) is 0 Å². The van der Waals surface area contributed by atoms with E-state index < -0.39 is 6.10 Å². The van der Waals surface area contributed by atoms with Crippen LogP contribution in [-0.4, -0.2) is 42.8 Å². The average Bonchev–Trinajstić information content (AvgIpc) is 2.55. The Labute approximate surface area is 127 Å². The predicted octanol–water partition coefficient (Wildman–Crippen LogP) is 2.18. The van der Waals surface area contributed by atoms with Gasteiger partial charge in [-0.05, 0) is 43.0 Å². The molecular weight excluding hydrogens is 264 g/mol. The van der Waals surface area contributed by atoms with Crippen LogP contribution in [0, 0.1) is 5.92 Å². The lowest BCUT2D eigenvalue weighted by molar-refractivity contribution is 0.0529. The molecule has 1 aliphatic rings. The zero-order chi connectivity index (χ0) is 15.2. The predicted molar refractivity (Wildman–Crippen MR) is 85.4 cm³/mol. The van der Waals surface area contributed by atoms with Gasteiger partial charge >= 0.3 is 0 Å². The lowest BCUT2D eigenvalue weighted by atomic mass is 9.88. The molecule has 118 valence electrons. The minimum atomic E-state index is -0.493. The topological polar surface area (TPSA) is 58.7 Å². The molecule has 0 bridgehead atoms. The first-order valence-electron chi connectivity index (χ1n) is 7.94. The molecule has 1 heterocycles. The van der Waals surface area contributed by atoms with Gasteiger partial charge in [0.15, 0.2) is 0 Å². The molecule has 3 unspecified atom stereocenters. The second-order valence-corrected chi connectivity index (χ2v) is 5.98. The molecule has 0 spiro atoms. The summed E-state index contributed by atoms with van der Waals surface area (Å²) in [6, 6.07) is 8.06. The van der Waals surface area contributed by atoms with E-state index in [1.165, 1.54) is 12.8 Å². The molecule has 0 saturated carbocycles. The summed E-state index contributed by atoms with van der Waals surface area (Å²) in [5.41, 5.74) is 6.83. The summed E-state index contributed by atoms with van der Waals surface area (Å²) in [6.07, 6.45) is 3.09. The Hall–Kier alpha value is -1.10. The van der Waals surface area contributed by atoms with E-state index in [-0.39, 0.29) is 0 Å². The monoisotopic (exact) mass is 292 g/mol. The van der Waals surface area contributed by atoms with Gasteiger partial charge in [0, 0.05) is 19.1 Å². The van der Waals surface area contributed by atoms with Gasteiger partial charge in [-0.15, -0.1) is 0 Å². The molecule has 2 rings (SSSR count). The SMILES string of the molecule is CCC1CCN(CC(O)c2cccc(OC)c2)C(CN)C1.